The molecule has 0 aliphatic carbocycles. The summed E-state index contributed by atoms with van der Waals surface area (Å²) in [7, 11) is 0. The van der Waals surface area contributed by atoms with Crippen LogP contribution in [0.4, 0.5) is 0 Å². The van der Waals surface area contributed by atoms with Gasteiger partial charge in [0.05, 0.1) is 24.2 Å². The van der Waals surface area contributed by atoms with E-state index < -0.39 is 0 Å². The third-order valence-corrected chi connectivity index (χ3v) is 6.72. The standard InChI is InChI=1S/C23H24N4O2S2/c1-3-18(21-11-8-12-30-21)24-14-20-17(22(28)29-4-2)13-25-27(20)23-26-19(15-31-23)16-9-6-5-7-10-16/h5-13,15,18,24H,3-4,14H2,1-2H3. The number of nitrogens with one attached hydrogen (secondary N) is 1. The van der Waals surface area contributed by atoms with E-state index in [9.17, 15) is 4.79 Å². The summed E-state index contributed by atoms with van der Waals surface area (Å²) in [6, 6.07) is 14.4. The van der Waals surface area contributed by atoms with Crippen LogP contribution in [-0.4, -0.2) is 27.3 Å². The lowest BCUT2D eigenvalue weighted by Gasteiger charge is -2.16. The molecule has 0 amide bonds. The topological polar surface area (TPSA) is 69.0 Å². The third-order valence-electron chi connectivity index (χ3n) is 4.92. The van der Waals surface area contributed by atoms with Gasteiger partial charge >= 0.3 is 5.97 Å². The molecule has 1 aromatic carbocycles. The molecule has 0 fully saturated rings. The Morgan fingerprint density at radius 1 is 1.16 bits per heavy atom. The second-order valence-corrected chi connectivity index (χ2v) is 8.69. The molecule has 3 heterocycles. The maximum Gasteiger partial charge on any atom is 0.341 e. The average molecular weight is 453 g/mol. The Labute approximate surface area is 189 Å². The summed E-state index contributed by atoms with van der Waals surface area (Å²) < 4.78 is 7.01. The molecule has 1 atom stereocenters. The van der Waals surface area contributed by atoms with Crippen LogP contribution < -0.4 is 5.32 Å². The highest BCUT2D eigenvalue weighted by Gasteiger charge is 2.22. The molecular weight excluding hydrogens is 428 g/mol. The molecule has 1 N–H and O–H groups in total. The highest BCUT2D eigenvalue weighted by Crippen LogP contribution is 2.27. The lowest BCUT2D eigenvalue weighted by Crippen LogP contribution is -2.23. The first-order valence-electron chi connectivity index (χ1n) is 10.2. The Morgan fingerprint density at radius 2 is 2.00 bits per heavy atom. The number of thiophene rings is 1. The van der Waals surface area contributed by atoms with Crippen LogP contribution in [0.2, 0.25) is 0 Å². The molecule has 8 heteroatoms. The third kappa shape index (κ3) is 4.76. The van der Waals surface area contributed by atoms with Crippen molar-refractivity contribution < 1.29 is 9.53 Å². The van der Waals surface area contributed by atoms with Crippen molar-refractivity contribution in [1.29, 1.82) is 0 Å². The lowest BCUT2D eigenvalue weighted by molar-refractivity contribution is 0.0524. The zero-order chi connectivity index (χ0) is 21.6. The van der Waals surface area contributed by atoms with Crippen molar-refractivity contribution in [2.24, 2.45) is 0 Å². The summed E-state index contributed by atoms with van der Waals surface area (Å²) in [5.74, 6) is -0.366. The summed E-state index contributed by atoms with van der Waals surface area (Å²) in [4.78, 5) is 18.6. The van der Waals surface area contributed by atoms with Gasteiger partial charge in [0.25, 0.3) is 0 Å². The number of benzene rings is 1. The average Bonchev–Trinajstić information content (AvgIpc) is 3.55. The molecule has 160 valence electrons. The summed E-state index contributed by atoms with van der Waals surface area (Å²) in [6.07, 6.45) is 2.52. The molecule has 0 bridgehead atoms. The van der Waals surface area contributed by atoms with E-state index in [0.717, 1.165) is 28.5 Å². The van der Waals surface area contributed by atoms with Gasteiger partial charge in [-0.2, -0.15) is 5.10 Å². The molecule has 0 radical (unpaired) electrons. The molecular formula is C23H24N4O2S2. The Morgan fingerprint density at radius 3 is 2.71 bits per heavy atom. The van der Waals surface area contributed by atoms with E-state index in [4.69, 9.17) is 9.72 Å². The van der Waals surface area contributed by atoms with E-state index in [-0.39, 0.29) is 12.0 Å². The maximum atomic E-state index is 12.6. The van der Waals surface area contributed by atoms with Gasteiger partial charge in [-0.15, -0.1) is 22.7 Å². The Bertz CT molecular complexity index is 1120. The van der Waals surface area contributed by atoms with Crippen LogP contribution in [0.1, 0.15) is 47.2 Å². The first-order chi connectivity index (χ1) is 15.2. The Kier molecular flexibility index (Phi) is 6.91. The van der Waals surface area contributed by atoms with Crippen molar-refractivity contribution in [3.8, 4) is 16.4 Å². The van der Waals surface area contributed by atoms with Crippen LogP contribution in [-0.2, 0) is 11.3 Å². The number of thiazole rings is 1. The predicted octanol–water partition coefficient (Wildman–Crippen LogP) is 5.47. The number of hydrogen-bond acceptors (Lipinski definition) is 7. The molecule has 3 aromatic heterocycles. The molecule has 0 saturated heterocycles. The number of rotatable bonds is 9. The number of esters is 1. The van der Waals surface area contributed by atoms with Gasteiger partial charge in [-0.3, -0.25) is 0 Å². The molecule has 0 aliphatic rings. The molecule has 4 aromatic rings. The highest BCUT2D eigenvalue weighted by atomic mass is 32.1. The van der Waals surface area contributed by atoms with E-state index in [1.54, 1.807) is 29.1 Å². The second-order valence-electron chi connectivity index (χ2n) is 6.88. The minimum absolute atomic E-state index is 0.203. The number of aromatic nitrogens is 3. The normalized spacial score (nSPS) is 12.1. The molecule has 6 nitrogen and oxygen atoms in total. The highest BCUT2D eigenvalue weighted by molar-refractivity contribution is 7.12. The number of carbonyl (C=O) groups excluding carboxylic acids is 1. The number of ether oxygens (including phenoxy) is 1. The van der Waals surface area contributed by atoms with Crippen LogP contribution in [0, 0.1) is 0 Å². The first-order valence-corrected chi connectivity index (χ1v) is 12.0. The molecule has 0 aliphatic heterocycles. The summed E-state index contributed by atoms with van der Waals surface area (Å²) >= 11 is 3.23. The van der Waals surface area contributed by atoms with Crippen molar-refractivity contribution in [1.82, 2.24) is 20.1 Å². The van der Waals surface area contributed by atoms with Gasteiger partial charge in [-0.05, 0) is 24.8 Å². The van der Waals surface area contributed by atoms with Crippen LogP contribution in [0.15, 0.2) is 59.4 Å². The maximum absolute atomic E-state index is 12.6. The minimum Gasteiger partial charge on any atom is -0.462 e. The Hall–Kier alpha value is -2.81. The number of carbonyl (C=O) groups is 1. The molecule has 0 spiro atoms. The van der Waals surface area contributed by atoms with Crippen molar-refractivity contribution >= 4 is 28.6 Å². The monoisotopic (exact) mass is 452 g/mol. The van der Waals surface area contributed by atoms with Crippen LogP contribution in [0.25, 0.3) is 16.4 Å². The van der Waals surface area contributed by atoms with Gasteiger partial charge in [0, 0.05) is 28.4 Å². The van der Waals surface area contributed by atoms with E-state index in [1.165, 1.54) is 16.2 Å². The fourth-order valence-corrected chi connectivity index (χ4v) is 5.05. The number of nitrogens with zero attached hydrogens (tertiary/aromatic N) is 3. The predicted molar refractivity (Wildman–Crippen MR) is 125 cm³/mol. The quantitative estimate of drug-likeness (QED) is 0.341. The Balaban J connectivity index is 1.65. The molecule has 31 heavy (non-hydrogen) atoms. The zero-order valence-electron chi connectivity index (χ0n) is 17.4. The largest absolute Gasteiger partial charge is 0.462 e. The SMILES string of the molecule is CCOC(=O)c1cnn(-c2nc(-c3ccccc3)cs2)c1CNC(CC)c1cccs1. The van der Waals surface area contributed by atoms with E-state index in [0.29, 0.717) is 18.7 Å². The molecule has 1 unspecified atom stereocenters. The summed E-state index contributed by atoms with van der Waals surface area (Å²) in [6.45, 7) is 4.74. The zero-order valence-corrected chi connectivity index (χ0v) is 19.1. The minimum atomic E-state index is -0.366. The van der Waals surface area contributed by atoms with Gasteiger partial charge in [0.15, 0.2) is 0 Å². The van der Waals surface area contributed by atoms with Gasteiger partial charge in [-0.25, -0.2) is 14.5 Å². The van der Waals surface area contributed by atoms with Gasteiger partial charge in [-0.1, -0.05) is 43.3 Å². The van der Waals surface area contributed by atoms with Crippen molar-refractivity contribution in [3.05, 3.63) is 75.6 Å². The lowest BCUT2D eigenvalue weighted by atomic mass is 10.1. The second kappa shape index (κ2) is 10.00. The fraction of sp³-hybridized carbons (Fsp3) is 0.261. The molecule has 0 saturated carbocycles. The summed E-state index contributed by atoms with van der Waals surface area (Å²) in [5.41, 5.74) is 3.15. The summed E-state index contributed by atoms with van der Waals surface area (Å²) in [5, 5.41) is 12.9. The van der Waals surface area contributed by atoms with Gasteiger partial charge < -0.3 is 10.1 Å². The number of hydrogen-bond donors (Lipinski definition) is 1. The van der Waals surface area contributed by atoms with E-state index >= 15 is 0 Å². The fourth-order valence-electron chi connectivity index (χ4n) is 3.35. The van der Waals surface area contributed by atoms with Crippen molar-refractivity contribution in [2.45, 2.75) is 32.9 Å². The van der Waals surface area contributed by atoms with E-state index in [2.05, 4.69) is 34.9 Å². The first kappa shape index (κ1) is 21.4. The van der Waals surface area contributed by atoms with Crippen molar-refractivity contribution in [2.75, 3.05) is 6.61 Å². The van der Waals surface area contributed by atoms with Crippen LogP contribution in [0.3, 0.4) is 0 Å². The molecule has 4 rings (SSSR count). The van der Waals surface area contributed by atoms with E-state index in [1.807, 2.05) is 35.7 Å². The van der Waals surface area contributed by atoms with Crippen molar-refractivity contribution in [3.63, 3.8) is 0 Å². The van der Waals surface area contributed by atoms with Crippen LogP contribution in [0.5, 0.6) is 0 Å². The van der Waals surface area contributed by atoms with Crippen LogP contribution >= 0.6 is 22.7 Å². The smallest absolute Gasteiger partial charge is 0.341 e. The van der Waals surface area contributed by atoms with Gasteiger partial charge in [0.1, 0.15) is 5.56 Å². The van der Waals surface area contributed by atoms with Gasteiger partial charge in [0.2, 0.25) is 5.13 Å².